The Balaban J connectivity index is 2.48. The van der Waals surface area contributed by atoms with Gasteiger partial charge in [0.05, 0.1) is 23.8 Å². The smallest absolute Gasteiger partial charge is 0.0728 e. The first-order chi connectivity index (χ1) is 7.20. The highest BCUT2D eigenvalue weighted by Crippen LogP contribution is 2.19. The third-order valence-corrected chi connectivity index (χ3v) is 2.52. The molecule has 0 unspecified atom stereocenters. The summed E-state index contributed by atoms with van der Waals surface area (Å²) in [4.78, 5) is 0. The van der Waals surface area contributed by atoms with Gasteiger partial charge in [-0.15, -0.1) is 0 Å². The number of anilines is 1. The Morgan fingerprint density at radius 3 is 2.87 bits per heavy atom. The Labute approximate surface area is 93.7 Å². The van der Waals surface area contributed by atoms with Crippen LogP contribution in [-0.2, 0) is 0 Å². The second kappa shape index (κ2) is 3.95. The molecule has 2 aromatic rings. The molecule has 78 valence electrons. The van der Waals surface area contributed by atoms with E-state index in [2.05, 4.69) is 10.4 Å². The van der Waals surface area contributed by atoms with Crippen molar-refractivity contribution in [3.05, 3.63) is 41.2 Å². The Kier molecular flexibility index (Phi) is 2.64. The summed E-state index contributed by atoms with van der Waals surface area (Å²) in [7, 11) is 1.87. The zero-order valence-electron chi connectivity index (χ0n) is 8.66. The number of rotatable bonds is 2. The Morgan fingerprint density at radius 2 is 2.20 bits per heavy atom. The summed E-state index contributed by atoms with van der Waals surface area (Å²) in [5, 5.41) is 8.01. The van der Waals surface area contributed by atoms with E-state index in [4.69, 9.17) is 11.6 Å². The van der Waals surface area contributed by atoms with Crippen molar-refractivity contribution in [1.29, 1.82) is 0 Å². The van der Waals surface area contributed by atoms with Crippen molar-refractivity contribution < 1.29 is 0 Å². The molecule has 0 fully saturated rings. The number of benzene rings is 1. The standard InChI is InChI=1S/C11H12ClN3/c1-8-3-4-9(12)5-11(8)15-7-10(13-2)6-14-15/h3-7,13H,1-2H3. The predicted octanol–water partition coefficient (Wildman–Crippen LogP) is 2.88. The Morgan fingerprint density at radius 1 is 1.40 bits per heavy atom. The van der Waals surface area contributed by atoms with E-state index in [9.17, 15) is 0 Å². The largest absolute Gasteiger partial charge is 0.386 e. The lowest BCUT2D eigenvalue weighted by Crippen LogP contribution is -1.97. The molecule has 0 saturated heterocycles. The highest BCUT2D eigenvalue weighted by atomic mass is 35.5. The van der Waals surface area contributed by atoms with Crippen LogP contribution in [0.3, 0.4) is 0 Å². The molecule has 0 saturated carbocycles. The topological polar surface area (TPSA) is 29.9 Å². The molecule has 0 amide bonds. The minimum Gasteiger partial charge on any atom is -0.386 e. The third-order valence-electron chi connectivity index (χ3n) is 2.29. The van der Waals surface area contributed by atoms with E-state index in [0.29, 0.717) is 0 Å². The van der Waals surface area contributed by atoms with Gasteiger partial charge in [-0.2, -0.15) is 5.10 Å². The lowest BCUT2D eigenvalue weighted by molar-refractivity contribution is 0.873. The van der Waals surface area contributed by atoms with Gasteiger partial charge in [0.2, 0.25) is 0 Å². The summed E-state index contributed by atoms with van der Waals surface area (Å²) in [5.41, 5.74) is 3.13. The Bertz CT molecular complexity index is 476. The number of nitrogens with zero attached hydrogens (tertiary/aromatic N) is 2. The van der Waals surface area contributed by atoms with Gasteiger partial charge in [0, 0.05) is 12.1 Å². The zero-order chi connectivity index (χ0) is 10.8. The fraction of sp³-hybridized carbons (Fsp3) is 0.182. The fourth-order valence-electron chi connectivity index (χ4n) is 1.41. The quantitative estimate of drug-likeness (QED) is 0.845. The van der Waals surface area contributed by atoms with Crippen molar-refractivity contribution in [2.75, 3.05) is 12.4 Å². The normalized spacial score (nSPS) is 10.3. The summed E-state index contributed by atoms with van der Waals surface area (Å²) in [6.45, 7) is 2.03. The summed E-state index contributed by atoms with van der Waals surface area (Å²) in [6.07, 6.45) is 3.71. The van der Waals surface area contributed by atoms with E-state index in [1.54, 1.807) is 6.20 Å². The monoisotopic (exact) mass is 221 g/mol. The zero-order valence-corrected chi connectivity index (χ0v) is 9.42. The van der Waals surface area contributed by atoms with Gasteiger partial charge in [-0.25, -0.2) is 4.68 Å². The van der Waals surface area contributed by atoms with Gasteiger partial charge in [-0.3, -0.25) is 0 Å². The molecule has 0 atom stereocenters. The summed E-state index contributed by atoms with van der Waals surface area (Å²) < 4.78 is 1.81. The number of aromatic nitrogens is 2. The molecular weight excluding hydrogens is 210 g/mol. The third kappa shape index (κ3) is 1.97. The predicted molar refractivity (Wildman–Crippen MR) is 62.9 cm³/mol. The number of halogens is 1. The molecule has 0 aliphatic rings. The second-order valence-electron chi connectivity index (χ2n) is 3.35. The van der Waals surface area contributed by atoms with Crippen LogP contribution in [0.1, 0.15) is 5.56 Å². The first-order valence-electron chi connectivity index (χ1n) is 4.69. The maximum absolute atomic E-state index is 5.95. The van der Waals surface area contributed by atoms with Crippen LogP contribution in [0.4, 0.5) is 5.69 Å². The van der Waals surface area contributed by atoms with Gasteiger partial charge >= 0.3 is 0 Å². The molecule has 2 rings (SSSR count). The van der Waals surface area contributed by atoms with Crippen molar-refractivity contribution in [3.63, 3.8) is 0 Å². The lowest BCUT2D eigenvalue weighted by atomic mass is 10.2. The van der Waals surface area contributed by atoms with Crippen LogP contribution in [0.2, 0.25) is 5.02 Å². The van der Waals surface area contributed by atoms with Crippen molar-refractivity contribution >= 4 is 17.3 Å². The molecular formula is C11H12ClN3. The SMILES string of the molecule is CNc1cnn(-c2cc(Cl)ccc2C)c1. The fourth-order valence-corrected chi connectivity index (χ4v) is 1.58. The van der Waals surface area contributed by atoms with E-state index in [0.717, 1.165) is 22.0 Å². The van der Waals surface area contributed by atoms with Crippen LogP contribution in [-0.4, -0.2) is 16.8 Å². The van der Waals surface area contributed by atoms with Crippen LogP contribution in [0.5, 0.6) is 0 Å². The van der Waals surface area contributed by atoms with Crippen LogP contribution < -0.4 is 5.32 Å². The summed E-state index contributed by atoms with van der Waals surface area (Å²) >= 11 is 5.95. The molecule has 1 N–H and O–H groups in total. The first kappa shape index (κ1) is 10.1. The van der Waals surface area contributed by atoms with Crippen LogP contribution in [0.15, 0.2) is 30.6 Å². The highest BCUT2D eigenvalue weighted by molar-refractivity contribution is 6.30. The molecule has 0 bridgehead atoms. The molecule has 1 aromatic carbocycles. The number of hydrogen-bond acceptors (Lipinski definition) is 2. The van der Waals surface area contributed by atoms with E-state index in [-0.39, 0.29) is 0 Å². The molecule has 4 heteroatoms. The van der Waals surface area contributed by atoms with Crippen LogP contribution in [0.25, 0.3) is 5.69 Å². The number of nitrogens with one attached hydrogen (secondary N) is 1. The molecule has 0 aliphatic carbocycles. The first-order valence-corrected chi connectivity index (χ1v) is 5.07. The van der Waals surface area contributed by atoms with Crippen molar-refractivity contribution in [1.82, 2.24) is 9.78 Å². The van der Waals surface area contributed by atoms with Crippen LogP contribution >= 0.6 is 11.6 Å². The minimum atomic E-state index is 0.720. The summed E-state index contributed by atoms with van der Waals surface area (Å²) in [5.74, 6) is 0. The van der Waals surface area contributed by atoms with Gasteiger partial charge in [0.25, 0.3) is 0 Å². The van der Waals surface area contributed by atoms with Crippen molar-refractivity contribution in [2.45, 2.75) is 6.92 Å². The highest BCUT2D eigenvalue weighted by Gasteiger charge is 2.03. The van der Waals surface area contributed by atoms with E-state index in [1.807, 2.05) is 43.0 Å². The van der Waals surface area contributed by atoms with Gasteiger partial charge in [-0.05, 0) is 24.6 Å². The van der Waals surface area contributed by atoms with Crippen molar-refractivity contribution in [2.24, 2.45) is 0 Å². The molecule has 1 aromatic heterocycles. The van der Waals surface area contributed by atoms with Crippen molar-refractivity contribution in [3.8, 4) is 5.69 Å². The average molecular weight is 222 g/mol. The maximum atomic E-state index is 5.95. The second-order valence-corrected chi connectivity index (χ2v) is 3.79. The molecule has 3 nitrogen and oxygen atoms in total. The van der Waals surface area contributed by atoms with E-state index < -0.39 is 0 Å². The molecule has 1 heterocycles. The maximum Gasteiger partial charge on any atom is 0.0728 e. The molecule has 0 radical (unpaired) electrons. The van der Waals surface area contributed by atoms with Gasteiger partial charge in [0.1, 0.15) is 0 Å². The molecule has 0 aliphatic heterocycles. The van der Waals surface area contributed by atoms with Gasteiger partial charge in [-0.1, -0.05) is 17.7 Å². The van der Waals surface area contributed by atoms with E-state index in [1.165, 1.54) is 0 Å². The molecule has 15 heavy (non-hydrogen) atoms. The van der Waals surface area contributed by atoms with Gasteiger partial charge in [0.15, 0.2) is 0 Å². The minimum absolute atomic E-state index is 0.720. The van der Waals surface area contributed by atoms with Gasteiger partial charge < -0.3 is 5.32 Å². The number of aryl methyl sites for hydroxylation is 1. The molecule has 0 spiro atoms. The summed E-state index contributed by atoms with van der Waals surface area (Å²) in [6, 6.07) is 5.77. The van der Waals surface area contributed by atoms with E-state index >= 15 is 0 Å². The van der Waals surface area contributed by atoms with Crippen LogP contribution in [0, 0.1) is 6.92 Å². The Hall–Kier alpha value is -1.48. The number of hydrogen-bond donors (Lipinski definition) is 1. The average Bonchev–Trinajstić information content (AvgIpc) is 2.70. The lowest BCUT2D eigenvalue weighted by Gasteiger charge is -2.05.